The van der Waals surface area contributed by atoms with Crippen molar-refractivity contribution in [3.8, 4) is 17.0 Å². The molecular formula is C24H22N2O. The second-order valence-electron chi connectivity index (χ2n) is 6.60. The first-order valence-electron chi connectivity index (χ1n) is 9.33. The molecule has 0 saturated heterocycles. The maximum atomic E-state index is 6.09. The Kier molecular flexibility index (Phi) is 5.10. The average molecular weight is 354 g/mol. The van der Waals surface area contributed by atoms with E-state index in [1.54, 1.807) is 6.33 Å². The molecule has 3 aromatic carbocycles. The van der Waals surface area contributed by atoms with Crippen LogP contribution in [0.1, 0.15) is 24.8 Å². The molecule has 1 unspecified atom stereocenters. The fourth-order valence-electron chi connectivity index (χ4n) is 3.30. The van der Waals surface area contributed by atoms with E-state index in [1.165, 1.54) is 16.7 Å². The molecule has 4 aromatic rings. The summed E-state index contributed by atoms with van der Waals surface area (Å²) < 4.78 is 6.09. The highest BCUT2D eigenvalue weighted by molar-refractivity contribution is 5.82. The van der Waals surface area contributed by atoms with E-state index in [9.17, 15) is 0 Å². The molecule has 1 heterocycles. The highest BCUT2D eigenvalue weighted by atomic mass is 16.5. The number of hydrogen-bond donors (Lipinski definition) is 0. The van der Waals surface area contributed by atoms with E-state index in [2.05, 4.69) is 65.4 Å². The van der Waals surface area contributed by atoms with Gasteiger partial charge in [-0.1, -0.05) is 73.7 Å². The van der Waals surface area contributed by atoms with Crippen molar-refractivity contribution in [3.05, 3.63) is 90.8 Å². The monoisotopic (exact) mass is 354 g/mol. The van der Waals surface area contributed by atoms with Crippen LogP contribution >= 0.6 is 0 Å². The Balaban J connectivity index is 1.50. The summed E-state index contributed by atoms with van der Waals surface area (Å²) in [4.78, 5) is 8.62. The van der Waals surface area contributed by atoms with Gasteiger partial charge in [0.2, 0.25) is 5.88 Å². The third-order valence-corrected chi connectivity index (χ3v) is 4.91. The molecule has 0 aliphatic heterocycles. The van der Waals surface area contributed by atoms with Crippen molar-refractivity contribution < 1.29 is 4.74 Å². The summed E-state index contributed by atoms with van der Waals surface area (Å²) in [6.07, 6.45) is 2.57. The fourth-order valence-corrected chi connectivity index (χ4v) is 3.30. The second-order valence-corrected chi connectivity index (χ2v) is 6.60. The van der Waals surface area contributed by atoms with Crippen molar-refractivity contribution in [1.82, 2.24) is 9.97 Å². The van der Waals surface area contributed by atoms with Crippen LogP contribution in [-0.2, 0) is 0 Å². The molecular weight excluding hydrogens is 332 g/mol. The Hall–Kier alpha value is -3.20. The normalized spacial score (nSPS) is 12.0. The van der Waals surface area contributed by atoms with Crippen LogP contribution in [0, 0.1) is 0 Å². The number of aromatic nitrogens is 2. The van der Waals surface area contributed by atoms with Crippen LogP contribution in [0.15, 0.2) is 85.2 Å². The van der Waals surface area contributed by atoms with Crippen LogP contribution < -0.4 is 4.74 Å². The van der Waals surface area contributed by atoms with Crippen LogP contribution in [-0.4, -0.2) is 16.6 Å². The minimum atomic E-state index is 0.323. The standard InChI is InChI=1S/C24H22N2O/c1-2-18(16-27-24-22-10-6-7-11-23(22)25-17-26-24)20-12-14-21(15-13-20)19-8-4-3-5-9-19/h3-15,17-18H,2,16H2,1H3. The zero-order valence-corrected chi connectivity index (χ0v) is 15.4. The molecule has 3 nitrogen and oxygen atoms in total. The van der Waals surface area contributed by atoms with Gasteiger partial charge in [0.25, 0.3) is 0 Å². The van der Waals surface area contributed by atoms with Gasteiger partial charge < -0.3 is 4.74 Å². The van der Waals surface area contributed by atoms with Crippen LogP contribution in [0.4, 0.5) is 0 Å². The van der Waals surface area contributed by atoms with Gasteiger partial charge in [-0.15, -0.1) is 0 Å². The number of nitrogens with zero attached hydrogens (tertiary/aromatic N) is 2. The lowest BCUT2D eigenvalue weighted by Gasteiger charge is -2.17. The van der Waals surface area contributed by atoms with Gasteiger partial charge in [-0.25, -0.2) is 9.97 Å². The first kappa shape index (κ1) is 17.2. The molecule has 4 rings (SSSR count). The molecule has 0 saturated carbocycles. The summed E-state index contributed by atoms with van der Waals surface area (Å²) in [5.74, 6) is 0.975. The summed E-state index contributed by atoms with van der Waals surface area (Å²) in [5, 5.41) is 0.953. The van der Waals surface area contributed by atoms with Gasteiger partial charge in [0.05, 0.1) is 17.5 Å². The molecule has 0 fully saturated rings. The summed E-state index contributed by atoms with van der Waals surface area (Å²) >= 11 is 0. The lowest BCUT2D eigenvalue weighted by Crippen LogP contribution is -2.10. The molecule has 27 heavy (non-hydrogen) atoms. The Labute approximate surface area is 159 Å². The second kappa shape index (κ2) is 8.00. The van der Waals surface area contributed by atoms with Gasteiger partial charge in [0.15, 0.2) is 0 Å². The Bertz CT molecular complexity index is 1010. The predicted octanol–water partition coefficient (Wildman–Crippen LogP) is 5.87. The van der Waals surface area contributed by atoms with Crippen molar-refractivity contribution in [1.29, 1.82) is 0 Å². The SMILES string of the molecule is CCC(COc1ncnc2ccccc12)c1ccc(-c2ccccc2)cc1. The van der Waals surface area contributed by atoms with Crippen LogP contribution in [0.3, 0.4) is 0 Å². The van der Waals surface area contributed by atoms with E-state index in [-0.39, 0.29) is 0 Å². The first-order chi connectivity index (χ1) is 13.3. The summed E-state index contributed by atoms with van der Waals surface area (Å²) in [6, 6.07) is 27.2. The van der Waals surface area contributed by atoms with Crippen molar-refractivity contribution in [2.24, 2.45) is 0 Å². The number of para-hydroxylation sites is 1. The van der Waals surface area contributed by atoms with Gasteiger partial charge in [-0.05, 0) is 35.2 Å². The zero-order valence-electron chi connectivity index (χ0n) is 15.4. The first-order valence-corrected chi connectivity index (χ1v) is 9.33. The van der Waals surface area contributed by atoms with E-state index in [4.69, 9.17) is 4.74 Å². The molecule has 0 aliphatic rings. The average Bonchev–Trinajstić information content (AvgIpc) is 2.75. The maximum Gasteiger partial charge on any atom is 0.224 e. The van der Waals surface area contributed by atoms with Gasteiger partial charge in [-0.3, -0.25) is 0 Å². The lowest BCUT2D eigenvalue weighted by molar-refractivity contribution is 0.278. The number of fused-ring (bicyclic) bond motifs is 1. The molecule has 1 aromatic heterocycles. The van der Waals surface area contributed by atoms with Gasteiger partial charge in [0, 0.05) is 5.92 Å². The van der Waals surface area contributed by atoms with Crippen molar-refractivity contribution in [2.45, 2.75) is 19.3 Å². The van der Waals surface area contributed by atoms with E-state index in [0.717, 1.165) is 17.3 Å². The minimum absolute atomic E-state index is 0.323. The van der Waals surface area contributed by atoms with Gasteiger partial charge >= 0.3 is 0 Å². The molecule has 0 amide bonds. The zero-order chi connectivity index (χ0) is 18.5. The Morgan fingerprint density at radius 2 is 1.48 bits per heavy atom. The number of ether oxygens (including phenoxy) is 1. The Morgan fingerprint density at radius 1 is 0.778 bits per heavy atom. The quantitative estimate of drug-likeness (QED) is 0.434. The fraction of sp³-hybridized carbons (Fsp3) is 0.167. The maximum absolute atomic E-state index is 6.09. The molecule has 0 N–H and O–H groups in total. The highest BCUT2D eigenvalue weighted by Gasteiger charge is 2.12. The highest BCUT2D eigenvalue weighted by Crippen LogP contribution is 2.27. The van der Waals surface area contributed by atoms with E-state index >= 15 is 0 Å². The van der Waals surface area contributed by atoms with E-state index < -0.39 is 0 Å². The third-order valence-electron chi connectivity index (χ3n) is 4.91. The van der Waals surface area contributed by atoms with Gasteiger partial charge in [0.1, 0.15) is 6.33 Å². The lowest BCUT2D eigenvalue weighted by atomic mass is 9.95. The number of hydrogen-bond acceptors (Lipinski definition) is 3. The van der Waals surface area contributed by atoms with Crippen LogP contribution in [0.25, 0.3) is 22.0 Å². The van der Waals surface area contributed by atoms with E-state index in [0.29, 0.717) is 18.4 Å². The molecule has 0 spiro atoms. The minimum Gasteiger partial charge on any atom is -0.476 e. The van der Waals surface area contributed by atoms with E-state index in [1.807, 2.05) is 30.3 Å². The van der Waals surface area contributed by atoms with Crippen molar-refractivity contribution in [3.63, 3.8) is 0 Å². The molecule has 0 bridgehead atoms. The summed E-state index contributed by atoms with van der Waals surface area (Å²) in [5.41, 5.74) is 4.66. The summed E-state index contributed by atoms with van der Waals surface area (Å²) in [6.45, 7) is 2.79. The molecule has 0 radical (unpaired) electrons. The molecule has 0 aliphatic carbocycles. The van der Waals surface area contributed by atoms with Crippen molar-refractivity contribution in [2.75, 3.05) is 6.61 Å². The smallest absolute Gasteiger partial charge is 0.224 e. The van der Waals surface area contributed by atoms with Crippen LogP contribution in [0.2, 0.25) is 0 Å². The Morgan fingerprint density at radius 3 is 2.26 bits per heavy atom. The number of benzene rings is 3. The largest absolute Gasteiger partial charge is 0.476 e. The van der Waals surface area contributed by atoms with Crippen LogP contribution in [0.5, 0.6) is 5.88 Å². The summed E-state index contributed by atoms with van der Waals surface area (Å²) in [7, 11) is 0. The number of rotatable bonds is 6. The van der Waals surface area contributed by atoms with Gasteiger partial charge in [-0.2, -0.15) is 0 Å². The van der Waals surface area contributed by atoms with Crippen molar-refractivity contribution >= 4 is 10.9 Å². The molecule has 3 heteroatoms. The molecule has 134 valence electrons. The molecule has 1 atom stereocenters. The third kappa shape index (κ3) is 3.82. The predicted molar refractivity (Wildman–Crippen MR) is 110 cm³/mol. The topological polar surface area (TPSA) is 35.0 Å².